The summed E-state index contributed by atoms with van der Waals surface area (Å²) in [6.45, 7) is 6.01. The Bertz CT molecular complexity index is 884. The summed E-state index contributed by atoms with van der Waals surface area (Å²) < 4.78 is 23.0. The molecule has 0 spiro atoms. The molecule has 0 unspecified atom stereocenters. The zero-order valence-corrected chi connectivity index (χ0v) is 16.0. The molecule has 3 rings (SSSR count). The monoisotopic (exact) mass is 372 g/mol. The Morgan fingerprint density at radius 3 is 2.23 bits per heavy atom. The van der Waals surface area contributed by atoms with Crippen LogP contribution in [0.5, 0.6) is 0 Å². The molecule has 1 aliphatic heterocycles. The molecule has 0 atom stereocenters. The highest BCUT2D eigenvalue weighted by molar-refractivity contribution is 7.90. The highest BCUT2D eigenvalue weighted by Gasteiger charge is 2.22. The Balaban J connectivity index is 1.58. The molecule has 5 nitrogen and oxygen atoms in total. The molecule has 1 fully saturated rings. The summed E-state index contributed by atoms with van der Waals surface area (Å²) in [6, 6.07) is 14.7. The topological polar surface area (TPSA) is 57.7 Å². The van der Waals surface area contributed by atoms with E-state index in [2.05, 4.69) is 36.1 Å². The number of carbonyl (C=O) groups is 1. The molecule has 2 aromatic rings. The van der Waals surface area contributed by atoms with E-state index >= 15 is 0 Å². The van der Waals surface area contributed by atoms with Crippen molar-refractivity contribution in [1.82, 2.24) is 9.80 Å². The van der Waals surface area contributed by atoms with E-state index in [1.54, 1.807) is 12.1 Å². The molecule has 6 heteroatoms. The lowest BCUT2D eigenvalue weighted by Crippen LogP contribution is -2.48. The van der Waals surface area contributed by atoms with E-state index in [9.17, 15) is 13.2 Å². The minimum absolute atomic E-state index is 0.0414. The molecule has 0 aromatic heterocycles. The maximum Gasteiger partial charge on any atom is 0.253 e. The first-order valence-corrected chi connectivity index (χ1v) is 10.6. The summed E-state index contributed by atoms with van der Waals surface area (Å²) in [6.07, 6.45) is 1.16. The number of rotatable bonds is 4. The van der Waals surface area contributed by atoms with Crippen LogP contribution >= 0.6 is 0 Å². The predicted molar refractivity (Wildman–Crippen MR) is 102 cm³/mol. The number of piperazine rings is 1. The van der Waals surface area contributed by atoms with Gasteiger partial charge in [0, 0.05) is 44.5 Å². The van der Waals surface area contributed by atoms with Crippen LogP contribution in [-0.2, 0) is 16.4 Å². The van der Waals surface area contributed by atoms with Crippen LogP contribution in [0.1, 0.15) is 21.5 Å². The molecule has 1 amide bonds. The maximum atomic E-state index is 12.6. The first kappa shape index (κ1) is 18.6. The van der Waals surface area contributed by atoms with Gasteiger partial charge in [0.2, 0.25) is 0 Å². The van der Waals surface area contributed by atoms with Crippen molar-refractivity contribution in [2.24, 2.45) is 0 Å². The number of hydrogen-bond acceptors (Lipinski definition) is 4. The highest BCUT2D eigenvalue weighted by atomic mass is 32.2. The van der Waals surface area contributed by atoms with Gasteiger partial charge in [-0.2, -0.15) is 0 Å². The van der Waals surface area contributed by atoms with Gasteiger partial charge >= 0.3 is 0 Å². The lowest BCUT2D eigenvalue weighted by molar-refractivity contribution is 0.0628. The number of nitrogens with zero attached hydrogens (tertiary/aromatic N) is 2. The normalized spacial score (nSPS) is 15.8. The van der Waals surface area contributed by atoms with Crippen molar-refractivity contribution >= 4 is 15.7 Å². The summed E-state index contributed by atoms with van der Waals surface area (Å²) in [5.74, 6) is -0.0414. The molecular formula is C20H24N2O3S. The zero-order chi connectivity index (χ0) is 18.7. The fraction of sp³-hybridized carbons (Fsp3) is 0.350. The average molecular weight is 372 g/mol. The van der Waals surface area contributed by atoms with Crippen molar-refractivity contribution < 1.29 is 13.2 Å². The molecule has 1 saturated heterocycles. The molecule has 0 bridgehead atoms. The van der Waals surface area contributed by atoms with E-state index in [1.165, 1.54) is 23.3 Å². The van der Waals surface area contributed by atoms with E-state index in [0.717, 1.165) is 25.9 Å². The summed E-state index contributed by atoms with van der Waals surface area (Å²) in [5, 5.41) is 0. The number of sulfone groups is 1. The molecule has 2 aromatic carbocycles. The lowest BCUT2D eigenvalue weighted by Gasteiger charge is -2.34. The first-order chi connectivity index (χ1) is 12.3. The van der Waals surface area contributed by atoms with Crippen molar-refractivity contribution in [1.29, 1.82) is 0 Å². The van der Waals surface area contributed by atoms with Crippen LogP contribution in [0.4, 0.5) is 0 Å². The molecule has 0 saturated carbocycles. The van der Waals surface area contributed by atoms with Crippen LogP contribution < -0.4 is 0 Å². The molecule has 0 N–H and O–H groups in total. The van der Waals surface area contributed by atoms with Crippen molar-refractivity contribution in [2.75, 3.05) is 32.4 Å². The van der Waals surface area contributed by atoms with Crippen molar-refractivity contribution in [3.63, 3.8) is 0 Å². The number of benzene rings is 2. The van der Waals surface area contributed by atoms with Gasteiger partial charge in [-0.15, -0.1) is 0 Å². The maximum absolute atomic E-state index is 12.6. The first-order valence-electron chi connectivity index (χ1n) is 8.70. The fourth-order valence-electron chi connectivity index (χ4n) is 3.21. The van der Waals surface area contributed by atoms with Crippen molar-refractivity contribution in [2.45, 2.75) is 18.4 Å². The van der Waals surface area contributed by atoms with E-state index in [0.29, 0.717) is 18.7 Å². The summed E-state index contributed by atoms with van der Waals surface area (Å²) in [5.41, 5.74) is 3.08. The molecule has 0 radical (unpaired) electrons. The van der Waals surface area contributed by atoms with Crippen molar-refractivity contribution in [3.8, 4) is 0 Å². The predicted octanol–water partition coefficient (Wildman–Crippen LogP) is 2.36. The van der Waals surface area contributed by atoms with Gasteiger partial charge in [0.05, 0.1) is 4.90 Å². The standard InChI is InChI=1S/C20H24N2O3S/c1-16-4-3-5-17(14-16)15-21-10-12-22(13-11-21)20(23)18-6-8-19(9-7-18)26(2,24)25/h3-9,14H,10-13,15H2,1-2H3. The summed E-state index contributed by atoms with van der Waals surface area (Å²) in [7, 11) is -3.24. The quantitative estimate of drug-likeness (QED) is 0.827. The Labute approximate surface area is 155 Å². The van der Waals surface area contributed by atoms with Crippen LogP contribution in [0.25, 0.3) is 0 Å². The van der Waals surface area contributed by atoms with Crippen LogP contribution in [0, 0.1) is 6.92 Å². The van der Waals surface area contributed by atoms with Crippen LogP contribution in [-0.4, -0.2) is 56.6 Å². The second-order valence-corrected chi connectivity index (χ2v) is 8.87. The fourth-order valence-corrected chi connectivity index (χ4v) is 3.84. The Morgan fingerprint density at radius 2 is 1.65 bits per heavy atom. The highest BCUT2D eigenvalue weighted by Crippen LogP contribution is 2.15. The molecule has 26 heavy (non-hydrogen) atoms. The van der Waals surface area contributed by atoms with Crippen molar-refractivity contribution in [3.05, 3.63) is 65.2 Å². The van der Waals surface area contributed by atoms with Crippen LogP contribution in [0.2, 0.25) is 0 Å². The van der Waals surface area contributed by atoms with E-state index in [-0.39, 0.29) is 10.8 Å². The second-order valence-electron chi connectivity index (χ2n) is 6.85. The largest absolute Gasteiger partial charge is 0.336 e. The Kier molecular flexibility index (Phi) is 5.44. The molecule has 0 aliphatic carbocycles. The second kappa shape index (κ2) is 7.60. The third-order valence-corrected chi connectivity index (χ3v) is 5.81. The SMILES string of the molecule is Cc1cccc(CN2CCN(C(=O)c3ccc(S(C)(=O)=O)cc3)CC2)c1. The van der Waals surface area contributed by atoms with E-state index in [4.69, 9.17) is 0 Å². The lowest BCUT2D eigenvalue weighted by atomic mass is 10.1. The molecule has 1 aliphatic rings. The minimum Gasteiger partial charge on any atom is -0.336 e. The third-order valence-electron chi connectivity index (χ3n) is 4.68. The van der Waals surface area contributed by atoms with Gasteiger partial charge in [0.15, 0.2) is 9.84 Å². The number of aryl methyl sites for hydroxylation is 1. The molecular weight excluding hydrogens is 348 g/mol. The number of carbonyl (C=O) groups excluding carboxylic acids is 1. The van der Waals surface area contributed by atoms with Gasteiger partial charge < -0.3 is 4.90 Å². The summed E-state index contributed by atoms with van der Waals surface area (Å²) in [4.78, 5) is 17.0. The van der Waals surface area contributed by atoms with Crippen LogP contribution in [0.3, 0.4) is 0 Å². The average Bonchev–Trinajstić information content (AvgIpc) is 2.61. The third kappa shape index (κ3) is 4.51. The molecule has 138 valence electrons. The van der Waals surface area contributed by atoms with Gasteiger partial charge in [-0.3, -0.25) is 9.69 Å². The number of amides is 1. The van der Waals surface area contributed by atoms with Gasteiger partial charge in [0.1, 0.15) is 0 Å². The minimum atomic E-state index is -3.24. The van der Waals surface area contributed by atoms with E-state index in [1.807, 2.05) is 4.90 Å². The summed E-state index contributed by atoms with van der Waals surface area (Å²) >= 11 is 0. The Morgan fingerprint density at radius 1 is 1.00 bits per heavy atom. The van der Waals surface area contributed by atoms with E-state index < -0.39 is 9.84 Å². The van der Waals surface area contributed by atoms with Gasteiger partial charge in [-0.05, 0) is 36.8 Å². The number of hydrogen-bond donors (Lipinski definition) is 0. The smallest absolute Gasteiger partial charge is 0.253 e. The van der Waals surface area contributed by atoms with Gasteiger partial charge in [-0.25, -0.2) is 8.42 Å². The Hall–Kier alpha value is -2.18. The zero-order valence-electron chi connectivity index (χ0n) is 15.2. The molecule has 1 heterocycles. The van der Waals surface area contributed by atoms with Gasteiger partial charge in [-0.1, -0.05) is 29.8 Å². The van der Waals surface area contributed by atoms with Gasteiger partial charge in [0.25, 0.3) is 5.91 Å². The van der Waals surface area contributed by atoms with Crippen LogP contribution in [0.15, 0.2) is 53.4 Å².